The zero-order valence-electron chi connectivity index (χ0n) is 13.4. The summed E-state index contributed by atoms with van der Waals surface area (Å²) in [6.07, 6.45) is 3.85. The number of nitrogens with zero attached hydrogens (tertiary/aromatic N) is 5. The van der Waals surface area contributed by atoms with Crippen LogP contribution in [0.2, 0.25) is 0 Å². The zero-order valence-corrected chi connectivity index (χ0v) is 14.2. The fourth-order valence-corrected chi connectivity index (χ4v) is 3.54. The molecule has 1 aliphatic heterocycles. The summed E-state index contributed by atoms with van der Waals surface area (Å²) in [5.74, 6) is 1.31. The van der Waals surface area contributed by atoms with Crippen LogP contribution < -0.4 is 0 Å². The highest BCUT2D eigenvalue weighted by atomic mass is 32.1. The average Bonchev–Trinajstić information content (AvgIpc) is 3.35. The van der Waals surface area contributed by atoms with Gasteiger partial charge in [0, 0.05) is 25.5 Å². The van der Waals surface area contributed by atoms with Crippen molar-refractivity contribution in [3.63, 3.8) is 0 Å². The average molecular weight is 345 g/mol. The van der Waals surface area contributed by atoms with Gasteiger partial charge in [-0.1, -0.05) is 11.2 Å². The normalized spacial score (nSPS) is 20.3. The highest BCUT2D eigenvalue weighted by Gasteiger charge is 2.28. The van der Waals surface area contributed by atoms with Crippen LogP contribution in [0, 0.1) is 0 Å². The Labute approximate surface area is 143 Å². The second-order valence-corrected chi connectivity index (χ2v) is 6.77. The number of hydrogen-bond donors (Lipinski definition) is 0. The third kappa shape index (κ3) is 3.26. The van der Waals surface area contributed by atoms with E-state index in [0.717, 1.165) is 24.5 Å². The molecule has 0 bridgehead atoms. The minimum atomic E-state index is 0.0650. The van der Waals surface area contributed by atoms with Crippen molar-refractivity contribution in [3.05, 3.63) is 41.9 Å². The highest BCUT2D eigenvalue weighted by molar-refractivity contribution is 7.13. The smallest absolute Gasteiger partial charge is 0.244 e. The predicted molar refractivity (Wildman–Crippen MR) is 89.6 cm³/mol. The molecule has 2 atom stereocenters. The van der Waals surface area contributed by atoms with Gasteiger partial charge < -0.3 is 9.26 Å². The standard InChI is InChI=1S/C16H19N5O2S/c1-12(16-18-15(19-23-16)14-4-2-9-24-14)20-7-8-22-13(10-20)11-21-6-3-5-17-21/h2-6,9,12-13H,7-8,10-11H2,1H3/t12-,13-/m1/s1. The van der Waals surface area contributed by atoms with Crippen LogP contribution in [0.1, 0.15) is 18.9 Å². The van der Waals surface area contributed by atoms with E-state index in [1.165, 1.54) is 0 Å². The van der Waals surface area contributed by atoms with Gasteiger partial charge in [0.1, 0.15) is 0 Å². The molecule has 0 aliphatic carbocycles. The minimum Gasteiger partial charge on any atom is -0.374 e. The lowest BCUT2D eigenvalue weighted by Gasteiger charge is -2.35. The van der Waals surface area contributed by atoms with Crippen LogP contribution >= 0.6 is 11.3 Å². The van der Waals surface area contributed by atoms with Gasteiger partial charge >= 0.3 is 0 Å². The van der Waals surface area contributed by atoms with Crippen molar-refractivity contribution >= 4 is 11.3 Å². The van der Waals surface area contributed by atoms with E-state index < -0.39 is 0 Å². The van der Waals surface area contributed by atoms with Crippen molar-refractivity contribution in [1.29, 1.82) is 0 Å². The van der Waals surface area contributed by atoms with E-state index in [1.807, 2.05) is 34.5 Å². The number of aromatic nitrogens is 4. The van der Waals surface area contributed by atoms with Crippen molar-refractivity contribution in [2.45, 2.75) is 25.6 Å². The Morgan fingerprint density at radius 2 is 2.38 bits per heavy atom. The highest BCUT2D eigenvalue weighted by Crippen LogP contribution is 2.26. The molecule has 8 heteroatoms. The molecular formula is C16H19N5O2S. The maximum absolute atomic E-state index is 5.86. The van der Waals surface area contributed by atoms with Crippen molar-refractivity contribution < 1.29 is 9.26 Å². The third-order valence-corrected chi connectivity index (χ3v) is 5.07. The Morgan fingerprint density at radius 3 is 3.17 bits per heavy atom. The largest absolute Gasteiger partial charge is 0.374 e. The van der Waals surface area contributed by atoms with Gasteiger partial charge in [-0.05, 0) is 24.4 Å². The predicted octanol–water partition coefficient (Wildman–Crippen LogP) is 2.46. The van der Waals surface area contributed by atoms with E-state index in [4.69, 9.17) is 9.26 Å². The summed E-state index contributed by atoms with van der Waals surface area (Å²) in [5, 5.41) is 10.4. The van der Waals surface area contributed by atoms with Crippen molar-refractivity contribution in [3.8, 4) is 10.7 Å². The van der Waals surface area contributed by atoms with E-state index in [9.17, 15) is 0 Å². The Hall–Kier alpha value is -2.03. The van der Waals surface area contributed by atoms with Gasteiger partial charge in [0.15, 0.2) is 0 Å². The van der Waals surface area contributed by atoms with Gasteiger partial charge in [-0.25, -0.2) is 0 Å². The van der Waals surface area contributed by atoms with Crippen molar-refractivity contribution in [2.24, 2.45) is 0 Å². The lowest BCUT2D eigenvalue weighted by atomic mass is 10.2. The Bertz CT molecular complexity index is 755. The monoisotopic (exact) mass is 345 g/mol. The molecule has 0 aromatic carbocycles. The van der Waals surface area contributed by atoms with Crippen LogP contribution in [0.4, 0.5) is 0 Å². The summed E-state index contributed by atoms with van der Waals surface area (Å²) >= 11 is 1.61. The number of thiophene rings is 1. The van der Waals surface area contributed by atoms with Crippen LogP contribution in [0.3, 0.4) is 0 Å². The number of ether oxygens (including phenoxy) is 1. The third-order valence-electron chi connectivity index (χ3n) is 4.21. The molecule has 3 aromatic heterocycles. The minimum absolute atomic E-state index is 0.0650. The van der Waals surface area contributed by atoms with Crippen LogP contribution in [-0.4, -0.2) is 50.6 Å². The maximum atomic E-state index is 5.86. The first kappa shape index (κ1) is 15.5. The molecule has 0 unspecified atom stereocenters. The Morgan fingerprint density at radius 1 is 1.42 bits per heavy atom. The molecule has 0 radical (unpaired) electrons. The van der Waals surface area contributed by atoms with Gasteiger partial charge in [-0.2, -0.15) is 10.1 Å². The summed E-state index contributed by atoms with van der Waals surface area (Å²) in [6.45, 7) is 5.22. The molecule has 4 rings (SSSR count). The van der Waals surface area contributed by atoms with E-state index >= 15 is 0 Å². The Balaban J connectivity index is 1.43. The second-order valence-electron chi connectivity index (χ2n) is 5.83. The molecule has 1 saturated heterocycles. The fraction of sp³-hybridized carbons (Fsp3) is 0.438. The molecule has 0 N–H and O–H groups in total. The van der Waals surface area contributed by atoms with Crippen molar-refractivity contribution in [2.75, 3.05) is 19.7 Å². The first-order chi connectivity index (χ1) is 11.8. The Kier molecular flexibility index (Phi) is 4.42. The fourth-order valence-electron chi connectivity index (χ4n) is 2.89. The van der Waals surface area contributed by atoms with E-state index in [2.05, 4.69) is 27.1 Å². The first-order valence-corrected chi connectivity index (χ1v) is 8.88. The first-order valence-electron chi connectivity index (χ1n) is 8.00. The van der Waals surface area contributed by atoms with Crippen LogP contribution in [-0.2, 0) is 11.3 Å². The molecule has 24 heavy (non-hydrogen) atoms. The van der Waals surface area contributed by atoms with E-state index in [0.29, 0.717) is 18.3 Å². The summed E-state index contributed by atoms with van der Waals surface area (Å²) in [5.41, 5.74) is 0. The molecule has 0 spiro atoms. The van der Waals surface area contributed by atoms with Gasteiger partial charge in [-0.3, -0.25) is 9.58 Å². The van der Waals surface area contributed by atoms with Gasteiger partial charge in [0.2, 0.25) is 11.7 Å². The van der Waals surface area contributed by atoms with E-state index in [1.54, 1.807) is 17.5 Å². The van der Waals surface area contributed by atoms with Gasteiger partial charge in [0.25, 0.3) is 0 Å². The summed E-state index contributed by atoms with van der Waals surface area (Å²) < 4.78 is 13.3. The molecule has 1 fully saturated rings. The van der Waals surface area contributed by atoms with Crippen LogP contribution in [0.25, 0.3) is 10.7 Å². The quantitative estimate of drug-likeness (QED) is 0.707. The summed E-state index contributed by atoms with van der Waals surface area (Å²) in [4.78, 5) is 7.91. The topological polar surface area (TPSA) is 69.2 Å². The molecule has 3 aromatic rings. The number of rotatable bonds is 5. The SMILES string of the molecule is C[C@H](c1nc(-c2cccs2)no1)N1CCO[C@@H](Cn2cccn2)C1. The van der Waals surface area contributed by atoms with Crippen molar-refractivity contribution in [1.82, 2.24) is 24.8 Å². The lowest BCUT2D eigenvalue weighted by molar-refractivity contribution is -0.0532. The molecule has 7 nitrogen and oxygen atoms in total. The van der Waals surface area contributed by atoms with Crippen LogP contribution in [0.15, 0.2) is 40.5 Å². The molecular weight excluding hydrogens is 326 g/mol. The van der Waals surface area contributed by atoms with E-state index in [-0.39, 0.29) is 12.1 Å². The number of morpholine rings is 1. The van der Waals surface area contributed by atoms with Gasteiger partial charge in [0.05, 0.1) is 30.2 Å². The summed E-state index contributed by atoms with van der Waals surface area (Å²) in [6, 6.07) is 5.98. The molecule has 0 saturated carbocycles. The molecule has 126 valence electrons. The van der Waals surface area contributed by atoms with Gasteiger partial charge in [-0.15, -0.1) is 11.3 Å². The summed E-state index contributed by atoms with van der Waals surface area (Å²) in [7, 11) is 0. The zero-order chi connectivity index (χ0) is 16.4. The number of hydrogen-bond acceptors (Lipinski definition) is 7. The molecule has 0 amide bonds. The van der Waals surface area contributed by atoms with Crippen LogP contribution in [0.5, 0.6) is 0 Å². The lowest BCUT2D eigenvalue weighted by Crippen LogP contribution is -2.45. The maximum Gasteiger partial charge on any atom is 0.244 e. The second kappa shape index (κ2) is 6.84. The molecule has 1 aliphatic rings. The molecule has 4 heterocycles.